The van der Waals surface area contributed by atoms with Crippen molar-refractivity contribution in [3.8, 4) is 0 Å². The van der Waals surface area contributed by atoms with Crippen LogP contribution in [0.15, 0.2) is 18.2 Å². The molecule has 0 saturated heterocycles. The molecule has 1 aromatic carbocycles. The Morgan fingerprint density at radius 3 is 2.61 bits per heavy atom. The van der Waals surface area contributed by atoms with Crippen molar-refractivity contribution in [1.29, 1.82) is 0 Å². The molecular formula is C15H23NO2. The third-order valence-electron chi connectivity index (χ3n) is 3.09. The summed E-state index contributed by atoms with van der Waals surface area (Å²) in [5, 5.41) is 12.5. The largest absolute Gasteiger partial charge is 0.391 e. The van der Waals surface area contributed by atoms with Crippen LogP contribution in [0.3, 0.4) is 0 Å². The highest BCUT2D eigenvalue weighted by atomic mass is 16.3. The first-order valence-corrected chi connectivity index (χ1v) is 6.44. The molecule has 2 N–H and O–H groups in total. The van der Waals surface area contributed by atoms with Gasteiger partial charge in [-0.25, -0.2) is 0 Å². The van der Waals surface area contributed by atoms with E-state index in [0.29, 0.717) is 24.4 Å². The second kappa shape index (κ2) is 6.55. The second-order valence-corrected chi connectivity index (χ2v) is 5.24. The third kappa shape index (κ3) is 4.15. The standard InChI is InChI=1S/C15H23NO2/c1-10(2)8-13(17)9-16-15(18)14-7-5-6-11(3)12(14)4/h5-7,10,13,17H,8-9H2,1-4H3,(H,16,18)/t13-/m0/s1. The van der Waals surface area contributed by atoms with Gasteiger partial charge in [0.05, 0.1) is 6.10 Å². The molecule has 0 aromatic heterocycles. The number of aliphatic hydroxyl groups excluding tert-OH is 1. The SMILES string of the molecule is Cc1cccc(C(=O)NC[C@@H](O)CC(C)C)c1C. The molecule has 0 spiro atoms. The summed E-state index contributed by atoms with van der Waals surface area (Å²) in [5.41, 5.74) is 2.78. The van der Waals surface area contributed by atoms with Gasteiger partial charge < -0.3 is 10.4 Å². The summed E-state index contributed by atoms with van der Waals surface area (Å²) in [5.74, 6) is 0.316. The number of amides is 1. The van der Waals surface area contributed by atoms with Gasteiger partial charge in [0.15, 0.2) is 0 Å². The lowest BCUT2D eigenvalue weighted by atomic mass is 10.0. The monoisotopic (exact) mass is 249 g/mol. The molecule has 0 unspecified atom stereocenters. The number of carbonyl (C=O) groups excluding carboxylic acids is 1. The van der Waals surface area contributed by atoms with Crippen molar-refractivity contribution in [2.75, 3.05) is 6.54 Å². The van der Waals surface area contributed by atoms with E-state index in [1.807, 2.05) is 32.0 Å². The molecule has 0 aliphatic heterocycles. The molecule has 3 heteroatoms. The fourth-order valence-corrected chi connectivity index (χ4v) is 1.93. The average molecular weight is 249 g/mol. The van der Waals surface area contributed by atoms with Crippen molar-refractivity contribution < 1.29 is 9.90 Å². The summed E-state index contributed by atoms with van der Waals surface area (Å²) in [4.78, 5) is 12.0. The molecule has 1 aromatic rings. The maximum absolute atomic E-state index is 12.0. The molecule has 0 aliphatic carbocycles. The molecule has 100 valence electrons. The van der Waals surface area contributed by atoms with Crippen LogP contribution in [0.1, 0.15) is 41.8 Å². The number of rotatable bonds is 5. The Labute approximate surface area is 109 Å². The van der Waals surface area contributed by atoms with Crippen LogP contribution >= 0.6 is 0 Å². The summed E-state index contributed by atoms with van der Waals surface area (Å²) in [6.07, 6.45) is 0.228. The number of hydrogen-bond donors (Lipinski definition) is 2. The van der Waals surface area contributed by atoms with E-state index < -0.39 is 6.10 Å². The number of aryl methyl sites for hydroxylation is 1. The fraction of sp³-hybridized carbons (Fsp3) is 0.533. The molecule has 0 fully saturated rings. The van der Waals surface area contributed by atoms with E-state index in [1.165, 1.54) is 0 Å². The second-order valence-electron chi connectivity index (χ2n) is 5.24. The van der Waals surface area contributed by atoms with E-state index in [4.69, 9.17) is 0 Å². The molecule has 0 bridgehead atoms. The molecule has 3 nitrogen and oxygen atoms in total. The van der Waals surface area contributed by atoms with Gasteiger partial charge >= 0.3 is 0 Å². The Morgan fingerprint density at radius 2 is 2.00 bits per heavy atom. The van der Waals surface area contributed by atoms with Gasteiger partial charge in [0.2, 0.25) is 0 Å². The fourth-order valence-electron chi connectivity index (χ4n) is 1.93. The third-order valence-corrected chi connectivity index (χ3v) is 3.09. The van der Waals surface area contributed by atoms with E-state index in [2.05, 4.69) is 19.2 Å². The van der Waals surface area contributed by atoms with E-state index in [0.717, 1.165) is 11.1 Å². The Kier molecular flexibility index (Phi) is 5.35. The first-order valence-electron chi connectivity index (χ1n) is 6.44. The molecule has 1 rings (SSSR count). The Bertz CT molecular complexity index is 413. The van der Waals surface area contributed by atoms with E-state index >= 15 is 0 Å². The van der Waals surface area contributed by atoms with Crippen LogP contribution in [0.5, 0.6) is 0 Å². The molecule has 1 atom stereocenters. The summed E-state index contributed by atoms with van der Waals surface area (Å²) in [7, 11) is 0. The lowest BCUT2D eigenvalue weighted by Crippen LogP contribution is -2.33. The van der Waals surface area contributed by atoms with Crippen molar-refractivity contribution in [1.82, 2.24) is 5.32 Å². The van der Waals surface area contributed by atoms with Gasteiger partial charge in [-0.3, -0.25) is 4.79 Å². The van der Waals surface area contributed by atoms with Crippen LogP contribution < -0.4 is 5.32 Å². The quantitative estimate of drug-likeness (QED) is 0.842. The van der Waals surface area contributed by atoms with Gasteiger partial charge in [-0.2, -0.15) is 0 Å². The van der Waals surface area contributed by atoms with Crippen molar-refractivity contribution in [3.05, 3.63) is 34.9 Å². The highest BCUT2D eigenvalue weighted by Gasteiger charge is 2.12. The molecule has 0 heterocycles. The van der Waals surface area contributed by atoms with Gasteiger partial charge in [-0.1, -0.05) is 26.0 Å². The number of benzene rings is 1. The summed E-state index contributed by atoms with van der Waals surface area (Å²) >= 11 is 0. The molecule has 18 heavy (non-hydrogen) atoms. The Morgan fingerprint density at radius 1 is 1.33 bits per heavy atom. The number of aliphatic hydroxyl groups is 1. The first kappa shape index (κ1) is 14.7. The van der Waals surface area contributed by atoms with Crippen LogP contribution in [-0.2, 0) is 0 Å². The molecular weight excluding hydrogens is 226 g/mol. The molecule has 0 aliphatic rings. The molecule has 1 amide bonds. The maximum Gasteiger partial charge on any atom is 0.251 e. The highest BCUT2D eigenvalue weighted by Crippen LogP contribution is 2.12. The average Bonchev–Trinajstić information content (AvgIpc) is 2.29. The number of hydrogen-bond acceptors (Lipinski definition) is 2. The minimum Gasteiger partial charge on any atom is -0.391 e. The van der Waals surface area contributed by atoms with Crippen LogP contribution in [0.2, 0.25) is 0 Å². The smallest absolute Gasteiger partial charge is 0.251 e. The van der Waals surface area contributed by atoms with Gasteiger partial charge in [0.25, 0.3) is 5.91 Å². The van der Waals surface area contributed by atoms with Gasteiger partial charge in [0.1, 0.15) is 0 Å². The normalized spacial score (nSPS) is 12.6. The summed E-state index contributed by atoms with van der Waals surface area (Å²) in [6, 6.07) is 5.67. The summed E-state index contributed by atoms with van der Waals surface area (Å²) in [6.45, 7) is 8.34. The zero-order valence-electron chi connectivity index (χ0n) is 11.7. The van der Waals surface area contributed by atoms with Crippen LogP contribution in [0.25, 0.3) is 0 Å². The molecule has 0 radical (unpaired) electrons. The van der Waals surface area contributed by atoms with Crippen molar-refractivity contribution in [2.45, 2.75) is 40.2 Å². The van der Waals surface area contributed by atoms with Crippen molar-refractivity contribution >= 4 is 5.91 Å². The van der Waals surface area contributed by atoms with Crippen LogP contribution in [0, 0.1) is 19.8 Å². The van der Waals surface area contributed by atoms with E-state index in [1.54, 1.807) is 0 Å². The Hall–Kier alpha value is -1.35. The highest BCUT2D eigenvalue weighted by molar-refractivity contribution is 5.95. The van der Waals surface area contributed by atoms with Gasteiger partial charge in [-0.05, 0) is 43.4 Å². The lowest BCUT2D eigenvalue weighted by molar-refractivity contribution is 0.0899. The minimum absolute atomic E-state index is 0.112. The maximum atomic E-state index is 12.0. The topological polar surface area (TPSA) is 49.3 Å². The first-order chi connectivity index (χ1) is 8.41. The van der Waals surface area contributed by atoms with Crippen LogP contribution in [-0.4, -0.2) is 23.7 Å². The predicted molar refractivity (Wildman–Crippen MR) is 73.7 cm³/mol. The zero-order valence-corrected chi connectivity index (χ0v) is 11.7. The molecule has 0 saturated carbocycles. The lowest BCUT2D eigenvalue weighted by Gasteiger charge is -2.15. The predicted octanol–water partition coefficient (Wildman–Crippen LogP) is 2.44. The minimum atomic E-state index is -0.473. The van der Waals surface area contributed by atoms with Gasteiger partial charge in [0, 0.05) is 12.1 Å². The van der Waals surface area contributed by atoms with Crippen LogP contribution in [0.4, 0.5) is 0 Å². The van der Waals surface area contributed by atoms with Gasteiger partial charge in [-0.15, -0.1) is 0 Å². The van der Waals surface area contributed by atoms with Crippen molar-refractivity contribution in [3.63, 3.8) is 0 Å². The Balaban J connectivity index is 2.58. The number of nitrogens with one attached hydrogen (secondary N) is 1. The van der Waals surface area contributed by atoms with E-state index in [9.17, 15) is 9.90 Å². The number of carbonyl (C=O) groups is 1. The van der Waals surface area contributed by atoms with Crippen molar-refractivity contribution in [2.24, 2.45) is 5.92 Å². The zero-order chi connectivity index (χ0) is 13.7. The summed E-state index contributed by atoms with van der Waals surface area (Å²) < 4.78 is 0. The van der Waals surface area contributed by atoms with E-state index in [-0.39, 0.29) is 5.91 Å².